The normalized spacial score (nSPS) is 34.0. The molecule has 21 heavy (non-hydrogen) atoms. The van der Waals surface area contributed by atoms with Crippen LogP contribution in [-0.4, -0.2) is 36.6 Å². The monoisotopic (exact) mass is 294 g/mol. The molecule has 1 saturated carbocycles. The fraction of sp³-hybridized carbons (Fsp3) is 1.00. The molecule has 0 radical (unpaired) electrons. The maximum Gasteiger partial charge on any atom is 0.0117 e. The van der Waals surface area contributed by atoms with Crippen molar-refractivity contribution in [3.8, 4) is 0 Å². The standard InChI is InChI=1S/C19H38N2/c1-7-9-20-17-8-10-21(13-15(17)2)16-11-18(3,4)14-19(5,6)12-16/h15-17,20H,7-14H2,1-6H3. The van der Waals surface area contributed by atoms with Gasteiger partial charge < -0.3 is 5.32 Å². The summed E-state index contributed by atoms with van der Waals surface area (Å²) in [4.78, 5) is 2.82. The first-order chi connectivity index (χ1) is 9.72. The summed E-state index contributed by atoms with van der Waals surface area (Å²) in [7, 11) is 0. The van der Waals surface area contributed by atoms with E-state index in [1.807, 2.05) is 0 Å². The van der Waals surface area contributed by atoms with E-state index >= 15 is 0 Å². The molecule has 0 aromatic heterocycles. The first-order valence-corrected chi connectivity index (χ1v) is 9.20. The van der Waals surface area contributed by atoms with Gasteiger partial charge in [-0.1, -0.05) is 41.5 Å². The second kappa shape index (κ2) is 6.58. The van der Waals surface area contributed by atoms with E-state index in [9.17, 15) is 0 Å². The van der Waals surface area contributed by atoms with Crippen molar-refractivity contribution in [3.05, 3.63) is 0 Å². The summed E-state index contributed by atoms with van der Waals surface area (Å²) in [5.74, 6) is 0.790. The molecule has 0 bridgehead atoms. The van der Waals surface area contributed by atoms with Crippen LogP contribution in [0.4, 0.5) is 0 Å². The van der Waals surface area contributed by atoms with Gasteiger partial charge >= 0.3 is 0 Å². The summed E-state index contributed by atoms with van der Waals surface area (Å²) in [5, 5.41) is 3.75. The summed E-state index contributed by atoms with van der Waals surface area (Å²) in [6.45, 7) is 18.4. The first-order valence-electron chi connectivity index (χ1n) is 9.20. The SMILES string of the molecule is CCCNC1CCN(C2CC(C)(C)CC(C)(C)C2)CC1C. The Morgan fingerprint density at radius 1 is 1.10 bits per heavy atom. The van der Waals surface area contributed by atoms with Gasteiger partial charge in [0.1, 0.15) is 0 Å². The molecule has 2 nitrogen and oxygen atoms in total. The van der Waals surface area contributed by atoms with E-state index in [1.165, 1.54) is 51.7 Å². The molecule has 124 valence electrons. The zero-order valence-electron chi connectivity index (χ0n) is 15.3. The van der Waals surface area contributed by atoms with Crippen molar-refractivity contribution in [2.45, 2.75) is 85.7 Å². The molecular weight excluding hydrogens is 256 g/mol. The number of nitrogens with zero attached hydrogens (tertiary/aromatic N) is 1. The highest BCUT2D eigenvalue weighted by Gasteiger charge is 2.41. The van der Waals surface area contributed by atoms with E-state index in [2.05, 4.69) is 51.8 Å². The fourth-order valence-electron chi connectivity index (χ4n) is 5.19. The van der Waals surface area contributed by atoms with Gasteiger partial charge in [-0.15, -0.1) is 0 Å². The van der Waals surface area contributed by atoms with Crippen molar-refractivity contribution < 1.29 is 0 Å². The lowest BCUT2D eigenvalue weighted by Crippen LogP contribution is -2.54. The number of nitrogens with one attached hydrogen (secondary N) is 1. The van der Waals surface area contributed by atoms with Crippen LogP contribution in [-0.2, 0) is 0 Å². The van der Waals surface area contributed by atoms with Crippen molar-refractivity contribution >= 4 is 0 Å². The third-order valence-electron chi connectivity index (χ3n) is 5.64. The van der Waals surface area contributed by atoms with E-state index in [1.54, 1.807) is 0 Å². The van der Waals surface area contributed by atoms with Crippen LogP contribution in [0.3, 0.4) is 0 Å². The average molecular weight is 295 g/mol. The average Bonchev–Trinajstić information content (AvgIpc) is 2.33. The molecule has 2 atom stereocenters. The molecular formula is C19H38N2. The molecule has 0 aromatic rings. The quantitative estimate of drug-likeness (QED) is 0.831. The Labute approximate surface area is 133 Å². The van der Waals surface area contributed by atoms with Crippen LogP contribution in [0.2, 0.25) is 0 Å². The Balaban J connectivity index is 1.94. The van der Waals surface area contributed by atoms with Crippen LogP contribution in [0, 0.1) is 16.7 Å². The van der Waals surface area contributed by atoms with E-state index in [0.29, 0.717) is 10.8 Å². The van der Waals surface area contributed by atoms with Gasteiger partial charge in [-0.05, 0) is 61.9 Å². The summed E-state index contributed by atoms with van der Waals surface area (Å²) >= 11 is 0. The highest BCUT2D eigenvalue weighted by molar-refractivity contribution is 4.95. The smallest absolute Gasteiger partial charge is 0.0117 e. The van der Waals surface area contributed by atoms with Gasteiger partial charge in [0.2, 0.25) is 0 Å². The fourth-order valence-corrected chi connectivity index (χ4v) is 5.19. The van der Waals surface area contributed by atoms with Crippen molar-refractivity contribution in [2.75, 3.05) is 19.6 Å². The number of hydrogen-bond donors (Lipinski definition) is 1. The van der Waals surface area contributed by atoms with Crippen molar-refractivity contribution in [2.24, 2.45) is 16.7 Å². The van der Waals surface area contributed by atoms with Gasteiger partial charge in [0.25, 0.3) is 0 Å². The minimum atomic E-state index is 0.507. The lowest BCUT2D eigenvalue weighted by Gasteiger charge is -2.51. The Bertz CT molecular complexity index is 318. The molecule has 1 N–H and O–H groups in total. The van der Waals surface area contributed by atoms with Gasteiger partial charge in [-0.3, -0.25) is 4.90 Å². The van der Waals surface area contributed by atoms with E-state index in [-0.39, 0.29) is 0 Å². The molecule has 1 saturated heterocycles. The maximum atomic E-state index is 3.75. The Hall–Kier alpha value is -0.0800. The Morgan fingerprint density at radius 2 is 1.71 bits per heavy atom. The number of rotatable bonds is 4. The van der Waals surface area contributed by atoms with Crippen molar-refractivity contribution in [3.63, 3.8) is 0 Å². The predicted octanol–water partition coefficient (Wildman–Crippen LogP) is 4.30. The molecule has 1 heterocycles. The zero-order valence-corrected chi connectivity index (χ0v) is 15.3. The molecule has 2 aliphatic rings. The van der Waals surface area contributed by atoms with Crippen LogP contribution < -0.4 is 5.32 Å². The molecule has 1 aliphatic carbocycles. The molecule has 0 aromatic carbocycles. The number of hydrogen-bond acceptors (Lipinski definition) is 2. The highest BCUT2D eigenvalue weighted by atomic mass is 15.2. The first kappa shape index (κ1) is 17.3. The van der Waals surface area contributed by atoms with Crippen LogP contribution in [0.15, 0.2) is 0 Å². The maximum absolute atomic E-state index is 3.75. The zero-order chi connectivity index (χ0) is 15.7. The minimum Gasteiger partial charge on any atom is -0.314 e. The topological polar surface area (TPSA) is 15.3 Å². The van der Waals surface area contributed by atoms with Gasteiger partial charge in [0.15, 0.2) is 0 Å². The van der Waals surface area contributed by atoms with E-state index in [4.69, 9.17) is 0 Å². The van der Waals surface area contributed by atoms with Gasteiger partial charge in [-0.2, -0.15) is 0 Å². The molecule has 1 aliphatic heterocycles. The second-order valence-electron chi connectivity index (χ2n) is 9.39. The molecule has 0 spiro atoms. The number of piperidine rings is 1. The molecule has 2 fully saturated rings. The predicted molar refractivity (Wildman–Crippen MR) is 92.6 cm³/mol. The summed E-state index contributed by atoms with van der Waals surface area (Å²) in [6.07, 6.45) is 6.73. The number of likely N-dealkylation sites (tertiary alicyclic amines) is 1. The third kappa shape index (κ3) is 4.69. The van der Waals surface area contributed by atoms with E-state index < -0.39 is 0 Å². The van der Waals surface area contributed by atoms with Crippen LogP contribution in [0.1, 0.15) is 73.6 Å². The molecule has 2 heteroatoms. The lowest BCUT2D eigenvalue weighted by atomic mass is 9.63. The second-order valence-corrected chi connectivity index (χ2v) is 9.39. The summed E-state index contributed by atoms with van der Waals surface area (Å²) in [5.41, 5.74) is 1.01. The van der Waals surface area contributed by atoms with Crippen molar-refractivity contribution in [1.29, 1.82) is 0 Å². The van der Waals surface area contributed by atoms with Crippen LogP contribution in [0.25, 0.3) is 0 Å². The van der Waals surface area contributed by atoms with E-state index in [0.717, 1.165) is 18.0 Å². The summed E-state index contributed by atoms with van der Waals surface area (Å²) in [6, 6.07) is 1.55. The largest absolute Gasteiger partial charge is 0.314 e. The van der Waals surface area contributed by atoms with Crippen molar-refractivity contribution in [1.82, 2.24) is 10.2 Å². The summed E-state index contributed by atoms with van der Waals surface area (Å²) < 4.78 is 0. The van der Waals surface area contributed by atoms with Crippen LogP contribution >= 0.6 is 0 Å². The van der Waals surface area contributed by atoms with Gasteiger partial charge in [0, 0.05) is 18.6 Å². The highest BCUT2D eigenvalue weighted by Crippen LogP contribution is 2.47. The van der Waals surface area contributed by atoms with Gasteiger partial charge in [-0.25, -0.2) is 0 Å². The van der Waals surface area contributed by atoms with Gasteiger partial charge in [0.05, 0.1) is 0 Å². The molecule has 2 rings (SSSR count). The molecule has 2 unspecified atom stereocenters. The van der Waals surface area contributed by atoms with Crippen LogP contribution in [0.5, 0.6) is 0 Å². The Kier molecular flexibility index (Phi) is 5.41. The molecule has 0 amide bonds. The Morgan fingerprint density at radius 3 is 2.24 bits per heavy atom. The lowest BCUT2D eigenvalue weighted by molar-refractivity contribution is 0.00163. The minimum absolute atomic E-state index is 0.507. The third-order valence-corrected chi connectivity index (χ3v) is 5.64.